The fourth-order valence-corrected chi connectivity index (χ4v) is 3.85. The smallest absolute Gasteiger partial charge is 0.234 e. The van der Waals surface area contributed by atoms with Gasteiger partial charge >= 0.3 is 0 Å². The Hall–Kier alpha value is -0.640. The summed E-state index contributed by atoms with van der Waals surface area (Å²) in [6.45, 7) is 0. The topological polar surface area (TPSA) is 106 Å². The van der Waals surface area contributed by atoms with Crippen LogP contribution in [0.4, 0.5) is 5.82 Å². The van der Waals surface area contributed by atoms with Crippen LogP contribution in [-0.2, 0) is 19.9 Å². The first-order valence-electron chi connectivity index (χ1n) is 4.45. The number of sulfone groups is 1. The van der Waals surface area contributed by atoms with Crippen molar-refractivity contribution in [2.24, 2.45) is 0 Å². The Labute approximate surface area is 115 Å². The monoisotopic (exact) mass is 333 g/mol. The van der Waals surface area contributed by atoms with Crippen molar-refractivity contribution in [1.29, 1.82) is 0 Å². The van der Waals surface area contributed by atoms with Crippen LogP contribution in [-0.4, -0.2) is 44.6 Å². The van der Waals surface area contributed by atoms with E-state index >= 15 is 0 Å². The van der Waals surface area contributed by atoms with Crippen LogP contribution in [0, 0.1) is 0 Å². The number of nitrogens with one attached hydrogen (secondary N) is 1. The number of nitrogens with zero attached hydrogens (tertiary/aromatic N) is 2. The van der Waals surface area contributed by atoms with E-state index in [9.17, 15) is 16.8 Å². The summed E-state index contributed by atoms with van der Waals surface area (Å²) in [5, 5.41) is -0.255. The second kappa shape index (κ2) is 5.55. The van der Waals surface area contributed by atoms with Gasteiger partial charge in [0.2, 0.25) is 10.0 Å². The van der Waals surface area contributed by atoms with Crippen LogP contribution < -0.4 is 4.72 Å². The molecule has 1 rings (SSSR count). The average Bonchev–Trinajstić information content (AvgIpc) is 2.21. The molecule has 0 aliphatic rings. The second-order valence-electron chi connectivity index (χ2n) is 3.38. The molecule has 1 N–H and O–H groups in total. The van der Waals surface area contributed by atoms with Crippen molar-refractivity contribution in [3.05, 3.63) is 16.5 Å². The first-order chi connectivity index (χ1) is 8.11. The third kappa shape index (κ3) is 4.92. The number of aromatic nitrogens is 2. The molecule has 0 bridgehead atoms. The molecule has 1 aromatic heterocycles. The van der Waals surface area contributed by atoms with Gasteiger partial charge in [-0.2, -0.15) is 0 Å². The minimum absolute atomic E-state index is 0.104. The molecule has 7 nitrogen and oxygen atoms in total. The fraction of sp³-hybridized carbons (Fsp3) is 0.429. The van der Waals surface area contributed by atoms with E-state index in [-0.39, 0.29) is 16.0 Å². The lowest BCUT2D eigenvalue weighted by Gasteiger charge is -2.08. The molecule has 0 aromatic carbocycles. The summed E-state index contributed by atoms with van der Waals surface area (Å²) in [5.41, 5.74) is 0. The Kier molecular flexibility index (Phi) is 4.76. The quantitative estimate of drug-likeness (QED) is 0.789. The van der Waals surface area contributed by atoms with Crippen LogP contribution in [0.5, 0.6) is 0 Å². The van der Waals surface area contributed by atoms with E-state index in [2.05, 4.69) is 9.97 Å². The molecule has 0 atom stereocenters. The van der Waals surface area contributed by atoms with E-state index in [1.807, 2.05) is 4.72 Å². The van der Waals surface area contributed by atoms with Crippen LogP contribution in [0.3, 0.4) is 0 Å². The Morgan fingerprint density at radius 3 is 2.33 bits per heavy atom. The maximum Gasteiger partial charge on any atom is 0.234 e. The molecule has 0 amide bonds. The van der Waals surface area contributed by atoms with E-state index in [0.29, 0.717) is 0 Å². The highest BCUT2D eigenvalue weighted by Gasteiger charge is 2.17. The summed E-state index contributed by atoms with van der Waals surface area (Å²) in [7, 11) is -7.25. The minimum atomic E-state index is -3.87. The van der Waals surface area contributed by atoms with Gasteiger partial charge in [-0.1, -0.05) is 23.2 Å². The van der Waals surface area contributed by atoms with Crippen molar-refractivity contribution >= 4 is 48.9 Å². The first-order valence-corrected chi connectivity index (χ1v) is 8.92. The molecular weight excluding hydrogens is 325 g/mol. The number of rotatable bonds is 5. The van der Waals surface area contributed by atoms with Crippen LogP contribution in [0.25, 0.3) is 0 Å². The fourth-order valence-electron chi connectivity index (χ4n) is 0.879. The summed E-state index contributed by atoms with van der Waals surface area (Å²) in [6, 6.07) is 0. The van der Waals surface area contributed by atoms with Crippen molar-refractivity contribution in [3.63, 3.8) is 0 Å². The van der Waals surface area contributed by atoms with Crippen molar-refractivity contribution in [3.8, 4) is 0 Å². The Morgan fingerprint density at radius 1 is 1.17 bits per heavy atom. The van der Waals surface area contributed by atoms with Crippen LogP contribution in [0.1, 0.15) is 0 Å². The van der Waals surface area contributed by atoms with Gasteiger partial charge < -0.3 is 0 Å². The van der Waals surface area contributed by atoms with Gasteiger partial charge in [-0.05, 0) is 0 Å². The molecule has 18 heavy (non-hydrogen) atoms. The largest absolute Gasteiger partial charge is 0.266 e. The van der Waals surface area contributed by atoms with Crippen LogP contribution >= 0.6 is 23.2 Å². The normalized spacial score (nSPS) is 12.4. The van der Waals surface area contributed by atoms with Gasteiger partial charge in [0.05, 0.1) is 11.5 Å². The molecule has 1 aromatic rings. The summed E-state index contributed by atoms with van der Waals surface area (Å²) in [4.78, 5) is 7.15. The highest BCUT2D eigenvalue weighted by Crippen LogP contribution is 2.25. The Bertz CT molecular complexity index is 645. The molecule has 0 saturated carbocycles. The summed E-state index contributed by atoms with van der Waals surface area (Å²) in [6.07, 6.45) is 1.97. The number of anilines is 1. The molecule has 11 heteroatoms. The Balaban J connectivity index is 2.87. The van der Waals surface area contributed by atoms with E-state index < -0.39 is 31.4 Å². The molecule has 0 spiro atoms. The van der Waals surface area contributed by atoms with Gasteiger partial charge in [-0.3, -0.25) is 4.72 Å². The number of halogens is 2. The molecule has 0 fully saturated rings. The third-order valence-corrected chi connectivity index (χ3v) is 4.91. The average molecular weight is 334 g/mol. The van der Waals surface area contributed by atoms with Crippen molar-refractivity contribution < 1.29 is 16.8 Å². The zero-order chi connectivity index (χ0) is 14.0. The molecular formula is C7H9Cl2N3O4S2. The highest BCUT2D eigenvalue weighted by atomic mass is 35.5. The second-order valence-corrected chi connectivity index (χ2v) is 8.22. The zero-order valence-corrected chi connectivity index (χ0v) is 12.2. The predicted molar refractivity (Wildman–Crippen MR) is 69.2 cm³/mol. The van der Waals surface area contributed by atoms with Crippen molar-refractivity contribution in [1.82, 2.24) is 9.97 Å². The zero-order valence-electron chi connectivity index (χ0n) is 9.09. The highest BCUT2D eigenvalue weighted by molar-refractivity contribution is 7.95. The standard InChI is InChI=1S/C7H9Cl2N3O4S2/c1-17(13,14)2-3-18(15,16)12-7-5(8)6(9)10-4-11-7/h4H,2-3H2,1H3,(H,10,11,12). The summed E-state index contributed by atoms with van der Waals surface area (Å²) >= 11 is 11.3. The molecule has 0 saturated heterocycles. The van der Waals surface area contributed by atoms with Gasteiger partial charge in [-0.25, -0.2) is 26.8 Å². The van der Waals surface area contributed by atoms with E-state index in [4.69, 9.17) is 23.2 Å². The predicted octanol–water partition coefficient (Wildman–Crippen LogP) is 0.570. The molecule has 0 radical (unpaired) electrons. The molecule has 102 valence electrons. The van der Waals surface area contributed by atoms with E-state index in [0.717, 1.165) is 12.6 Å². The number of hydrogen-bond acceptors (Lipinski definition) is 6. The lowest BCUT2D eigenvalue weighted by atomic mass is 10.6. The lowest BCUT2D eigenvalue weighted by molar-refractivity contribution is 0.593. The first kappa shape index (κ1) is 15.4. The number of hydrogen-bond donors (Lipinski definition) is 1. The van der Waals surface area contributed by atoms with Crippen LogP contribution in [0.2, 0.25) is 10.2 Å². The molecule has 0 unspecified atom stereocenters. The number of sulfonamides is 1. The van der Waals surface area contributed by atoms with Crippen LogP contribution in [0.15, 0.2) is 6.33 Å². The van der Waals surface area contributed by atoms with Gasteiger partial charge in [0, 0.05) is 6.26 Å². The molecule has 0 aliphatic heterocycles. The summed E-state index contributed by atoms with van der Waals surface area (Å²) < 4.78 is 47.0. The van der Waals surface area contributed by atoms with E-state index in [1.165, 1.54) is 0 Å². The molecule has 1 heterocycles. The maximum absolute atomic E-state index is 11.6. The SMILES string of the molecule is CS(=O)(=O)CCS(=O)(=O)Nc1ncnc(Cl)c1Cl. The van der Waals surface area contributed by atoms with Gasteiger partial charge in [-0.15, -0.1) is 0 Å². The van der Waals surface area contributed by atoms with Gasteiger partial charge in [0.25, 0.3) is 0 Å². The summed E-state index contributed by atoms with van der Waals surface area (Å²) in [5.74, 6) is -1.28. The van der Waals surface area contributed by atoms with Crippen molar-refractivity contribution in [2.45, 2.75) is 0 Å². The lowest BCUT2D eigenvalue weighted by Crippen LogP contribution is -2.23. The molecule has 0 aliphatic carbocycles. The third-order valence-electron chi connectivity index (χ3n) is 1.72. The maximum atomic E-state index is 11.6. The van der Waals surface area contributed by atoms with E-state index in [1.54, 1.807) is 0 Å². The Morgan fingerprint density at radius 2 is 1.78 bits per heavy atom. The van der Waals surface area contributed by atoms with Crippen molar-refractivity contribution in [2.75, 3.05) is 22.5 Å². The minimum Gasteiger partial charge on any atom is -0.266 e. The van der Waals surface area contributed by atoms with Gasteiger partial charge in [0.1, 0.15) is 21.2 Å². The van der Waals surface area contributed by atoms with Gasteiger partial charge in [0.15, 0.2) is 11.0 Å².